The van der Waals surface area contributed by atoms with Gasteiger partial charge >= 0.3 is 5.69 Å². The molecule has 2 heterocycles. The molecule has 0 aliphatic heterocycles. The molecule has 7 heteroatoms. The second-order valence-electron chi connectivity index (χ2n) is 6.07. The molecule has 128 valence electrons. The minimum atomic E-state index is -2.54. The van der Waals surface area contributed by atoms with E-state index >= 15 is 0 Å². The number of benzene rings is 1. The summed E-state index contributed by atoms with van der Waals surface area (Å²) in [6, 6.07) is 12.8. The molecule has 0 unspecified atom stereocenters. The molecular weight excluding hydrogens is 326 g/mol. The normalized spacial score (nSPS) is 14.2. The third-order valence-corrected chi connectivity index (χ3v) is 4.20. The highest BCUT2D eigenvalue weighted by Crippen LogP contribution is 2.39. The largest absolute Gasteiger partial charge is 0.364 e. The van der Waals surface area contributed by atoms with Gasteiger partial charge in [0.1, 0.15) is 5.82 Å². The second-order valence-corrected chi connectivity index (χ2v) is 6.07. The zero-order chi connectivity index (χ0) is 17.4. The Hall–Kier alpha value is -2.83. The molecule has 0 atom stereocenters. The van der Waals surface area contributed by atoms with Gasteiger partial charge in [-0.05, 0) is 37.1 Å². The Morgan fingerprint density at radius 3 is 2.56 bits per heavy atom. The van der Waals surface area contributed by atoms with E-state index in [1.807, 2.05) is 24.3 Å². The van der Waals surface area contributed by atoms with Crippen LogP contribution in [-0.2, 0) is 0 Å². The van der Waals surface area contributed by atoms with Gasteiger partial charge in [-0.3, -0.25) is 0 Å². The molecule has 4 rings (SSSR count). The summed E-state index contributed by atoms with van der Waals surface area (Å²) in [6.45, 7) is -0.568. The summed E-state index contributed by atoms with van der Waals surface area (Å²) in [5, 5.41) is 3.11. The molecule has 1 aliphatic rings. The lowest BCUT2D eigenvalue weighted by atomic mass is 10.2. The molecule has 1 fully saturated rings. The van der Waals surface area contributed by atoms with Gasteiger partial charge in [0.05, 0.1) is 17.6 Å². The van der Waals surface area contributed by atoms with E-state index in [1.165, 1.54) is 4.57 Å². The maximum absolute atomic E-state index is 12.6. The lowest BCUT2D eigenvalue weighted by molar-refractivity contribution is 0.163. The van der Waals surface area contributed by atoms with Crippen LogP contribution in [0.2, 0.25) is 0 Å². The molecule has 0 radical (unpaired) electrons. The number of hydrogen-bond acceptors (Lipinski definition) is 4. The lowest BCUT2D eigenvalue weighted by Crippen LogP contribution is -2.25. The van der Waals surface area contributed by atoms with Gasteiger partial charge in [0.2, 0.25) is 0 Å². The van der Waals surface area contributed by atoms with E-state index in [2.05, 4.69) is 15.3 Å². The first-order valence-electron chi connectivity index (χ1n) is 8.14. The van der Waals surface area contributed by atoms with Gasteiger partial charge in [-0.25, -0.2) is 23.1 Å². The molecule has 1 N–H and O–H groups in total. The Kier molecular flexibility index (Phi) is 3.91. The predicted molar refractivity (Wildman–Crippen MR) is 91.6 cm³/mol. The number of rotatable bonds is 5. The summed E-state index contributed by atoms with van der Waals surface area (Å²) in [4.78, 5) is 21.2. The summed E-state index contributed by atoms with van der Waals surface area (Å²) in [5.41, 5.74) is 1.46. The number of nitrogens with one attached hydrogen (secondary N) is 1. The fraction of sp³-hybridized carbons (Fsp3) is 0.278. The van der Waals surface area contributed by atoms with Crippen molar-refractivity contribution < 1.29 is 8.78 Å². The highest BCUT2D eigenvalue weighted by molar-refractivity contribution is 5.87. The van der Waals surface area contributed by atoms with Crippen molar-refractivity contribution in [2.24, 2.45) is 0 Å². The van der Waals surface area contributed by atoms with Crippen LogP contribution in [0.25, 0.3) is 16.7 Å². The molecule has 0 spiro atoms. The number of anilines is 1. The Morgan fingerprint density at radius 1 is 1.12 bits per heavy atom. The van der Waals surface area contributed by atoms with Crippen molar-refractivity contribution in [2.75, 3.05) is 11.9 Å². The van der Waals surface area contributed by atoms with Crippen molar-refractivity contribution >= 4 is 16.9 Å². The molecule has 25 heavy (non-hydrogen) atoms. The minimum Gasteiger partial charge on any atom is -0.364 e. The van der Waals surface area contributed by atoms with E-state index in [0.29, 0.717) is 22.6 Å². The summed E-state index contributed by atoms with van der Waals surface area (Å²) in [5.74, 6) is 0.552. The zero-order valence-corrected chi connectivity index (χ0v) is 13.3. The van der Waals surface area contributed by atoms with E-state index in [1.54, 1.807) is 18.2 Å². The number of fused-ring (bicyclic) bond motifs is 1. The first-order valence-corrected chi connectivity index (χ1v) is 8.14. The van der Waals surface area contributed by atoms with Crippen LogP contribution in [0.5, 0.6) is 0 Å². The van der Waals surface area contributed by atoms with Gasteiger partial charge in [0.25, 0.3) is 6.43 Å². The zero-order valence-electron chi connectivity index (χ0n) is 13.3. The molecule has 1 saturated carbocycles. The van der Waals surface area contributed by atoms with Crippen molar-refractivity contribution in [3.63, 3.8) is 0 Å². The first-order chi connectivity index (χ1) is 12.1. The third kappa shape index (κ3) is 3.09. The van der Waals surface area contributed by atoms with E-state index in [9.17, 15) is 13.6 Å². The van der Waals surface area contributed by atoms with Crippen molar-refractivity contribution in [3.05, 3.63) is 58.6 Å². The standard InChI is InChI=1S/C18H16F2N4O/c19-15(20)10-21-16-13-8-9-14(11-6-7-11)22-17(13)24(18(25)23-16)12-4-2-1-3-5-12/h1-5,8-9,11,15H,6-7,10H2,(H,21,23,25). The number of pyridine rings is 1. The van der Waals surface area contributed by atoms with E-state index in [-0.39, 0.29) is 5.82 Å². The summed E-state index contributed by atoms with van der Waals surface area (Å²) in [6.07, 6.45) is -0.377. The van der Waals surface area contributed by atoms with Crippen molar-refractivity contribution in [1.29, 1.82) is 0 Å². The minimum absolute atomic E-state index is 0.141. The van der Waals surface area contributed by atoms with Gasteiger partial charge in [-0.1, -0.05) is 18.2 Å². The Morgan fingerprint density at radius 2 is 1.88 bits per heavy atom. The number of aromatic nitrogens is 3. The molecule has 1 aromatic carbocycles. The lowest BCUT2D eigenvalue weighted by Gasteiger charge is -2.14. The van der Waals surface area contributed by atoms with E-state index in [4.69, 9.17) is 0 Å². The van der Waals surface area contributed by atoms with Crippen molar-refractivity contribution in [2.45, 2.75) is 25.2 Å². The van der Waals surface area contributed by atoms with Gasteiger partial charge in [-0.15, -0.1) is 0 Å². The number of nitrogens with zero attached hydrogens (tertiary/aromatic N) is 3. The van der Waals surface area contributed by atoms with E-state index in [0.717, 1.165) is 18.5 Å². The molecule has 2 aromatic heterocycles. The highest BCUT2D eigenvalue weighted by atomic mass is 19.3. The fourth-order valence-electron chi connectivity index (χ4n) is 2.84. The topological polar surface area (TPSA) is 59.8 Å². The SMILES string of the molecule is O=c1nc(NCC(F)F)c2ccc(C3CC3)nc2n1-c1ccccc1. The van der Waals surface area contributed by atoms with Crippen LogP contribution >= 0.6 is 0 Å². The molecule has 5 nitrogen and oxygen atoms in total. The average Bonchev–Trinajstić information content (AvgIpc) is 3.45. The molecule has 3 aromatic rings. The van der Waals surface area contributed by atoms with Crippen molar-refractivity contribution in [1.82, 2.24) is 14.5 Å². The fourth-order valence-corrected chi connectivity index (χ4v) is 2.84. The molecular formula is C18H16F2N4O. The Balaban J connectivity index is 1.94. The number of halogens is 2. The first kappa shape index (κ1) is 15.7. The predicted octanol–water partition coefficient (Wildman–Crippen LogP) is 3.34. The molecule has 0 saturated heterocycles. The Labute approximate surface area is 142 Å². The Bertz CT molecular complexity index is 968. The van der Waals surface area contributed by atoms with Crippen LogP contribution < -0.4 is 11.0 Å². The summed E-state index contributed by atoms with van der Waals surface area (Å²) in [7, 11) is 0. The van der Waals surface area contributed by atoms with E-state index < -0.39 is 18.7 Å². The second kappa shape index (κ2) is 6.23. The highest BCUT2D eigenvalue weighted by Gasteiger charge is 2.26. The smallest absolute Gasteiger partial charge is 0.355 e. The van der Waals surface area contributed by atoms with Gasteiger partial charge < -0.3 is 5.32 Å². The quantitative estimate of drug-likeness (QED) is 0.773. The van der Waals surface area contributed by atoms with Crippen LogP contribution in [0.4, 0.5) is 14.6 Å². The van der Waals surface area contributed by atoms with Crippen LogP contribution in [0, 0.1) is 0 Å². The molecule has 1 aliphatic carbocycles. The maximum atomic E-state index is 12.6. The van der Waals surface area contributed by atoms with Crippen molar-refractivity contribution in [3.8, 4) is 5.69 Å². The third-order valence-electron chi connectivity index (χ3n) is 4.20. The molecule has 0 amide bonds. The van der Waals surface area contributed by atoms with Crippen LogP contribution in [0.15, 0.2) is 47.3 Å². The van der Waals surface area contributed by atoms with Gasteiger partial charge in [0, 0.05) is 11.6 Å². The monoisotopic (exact) mass is 342 g/mol. The van der Waals surface area contributed by atoms with Crippen LogP contribution in [0.1, 0.15) is 24.5 Å². The number of para-hydroxylation sites is 1. The van der Waals surface area contributed by atoms with Gasteiger partial charge in [-0.2, -0.15) is 4.98 Å². The maximum Gasteiger partial charge on any atom is 0.355 e. The van der Waals surface area contributed by atoms with Crippen LogP contribution in [-0.4, -0.2) is 27.5 Å². The number of alkyl halides is 2. The summed E-state index contributed by atoms with van der Waals surface area (Å²) < 4.78 is 26.5. The van der Waals surface area contributed by atoms with Gasteiger partial charge in [0.15, 0.2) is 5.65 Å². The average molecular weight is 342 g/mol. The van der Waals surface area contributed by atoms with Crippen LogP contribution in [0.3, 0.4) is 0 Å². The molecule has 0 bridgehead atoms. The number of hydrogen-bond donors (Lipinski definition) is 1. The summed E-state index contributed by atoms with van der Waals surface area (Å²) >= 11 is 0.